The number of fused-ring (bicyclic) bond motifs is 2. The van der Waals surface area contributed by atoms with Crippen molar-refractivity contribution in [1.82, 2.24) is 14.5 Å². The van der Waals surface area contributed by atoms with Gasteiger partial charge in [-0.15, -0.1) is 0 Å². The average Bonchev–Trinajstić information content (AvgIpc) is 3.17. The van der Waals surface area contributed by atoms with Crippen molar-refractivity contribution in [3.8, 4) is 6.07 Å². The standard InChI is InChI=1S/C25H20N6O2S/c1-30-24-11-9-21(31(34(32)33)20-8-10-22-19(13-20)3-2-12-27-22)14-23(24)29-25(30)28-16-18-6-4-17(15-26)5-7-18/h2-14H,16H2,1H3,(H,28,29)(H,32,33). The molecule has 168 valence electrons. The van der Waals surface area contributed by atoms with Gasteiger partial charge in [-0.05, 0) is 60.2 Å². The minimum Gasteiger partial charge on any atom is -0.352 e. The normalized spacial score (nSPS) is 11.9. The van der Waals surface area contributed by atoms with E-state index in [1.54, 1.807) is 36.5 Å². The largest absolute Gasteiger partial charge is 0.352 e. The van der Waals surface area contributed by atoms with E-state index in [1.165, 1.54) is 4.31 Å². The summed E-state index contributed by atoms with van der Waals surface area (Å²) in [4.78, 5) is 9.00. The van der Waals surface area contributed by atoms with Crippen LogP contribution in [0.1, 0.15) is 11.1 Å². The first-order valence-corrected chi connectivity index (χ1v) is 11.5. The van der Waals surface area contributed by atoms with Crippen LogP contribution in [-0.4, -0.2) is 23.3 Å². The summed E-state index contributed by atoms with van der Waals surface area (Å²) < 4.78 is 25.7. The molecule has 0 aliphatic heterocycles. The fraction of sp³-hybridized carbons (Fsp3) is 0.0800. The van der Waals surface area contributed by atoms with Crippen molar-refractivity contribution in [3.05, 3.63) is 90.1 Å². The molecule has 3 aromatic carbocycles. The lowest BCUT2D eigenvalue weighted by molar-refractivity contribution is 0.564. The van der Waals surface area contributed by atoms with Crippen molar-refractivity contribution in [3.63, 3.8) is 0 Å². The lowest BCUT2D eigenvalue weighted by Gasteiger charge is -2.20. The number of benzene rings is 3. The van der Waals surface area contributed by atoms with Gasteiger partial charge in [-0.3, -0.25) is 9.54 Å². The second kappa shape index (κ2) is 8.94. The predicted molar refractivity (Wildman–Crippen MR) is 134 cm³/mol. The van der Waals surface area contributed by atoms with Crippen LogP contribution in [0.25, 0.3) is 21.9 Å². The van der Waals surface area contributed by atoms with E-state index in [4.69, 9.17) is 5.26 Å². The minimum atomic E-state index is -2.28. The Morgan fingerprint density at radius 2 is 1.82 bits per heavy atom. The van der Waals surface area contributed by atoms with Crippen LogP contribution in [0.3, 0.4) is 0 Å². The van der Waals surface area contributed by atoms with E-state index in [-0.39, 0.29) is 0 Å². The first kappa shape index (κ1) is 21.6. The van der Waals surface area contributed by atoms with Gasteiger partial charge in [0.1, 0.15) is 0 Å². The minimum absolute atomic E-state index is 0.549. The van der Waals surface area contributed by atoms with E-state index in [0.29, 0.717) is 34.9 Å². The molecule has 34 heavy (non-hydrogen) atoms. The second-order valence-electron chi connectivity index (χ2n) is 7.74. The summed E-state index contributed by atoms with van der Waals surface area (Å²) in [5.41, 5.74) is 5.17. The molecular weight excluding hydrogens is 448 g/mol. The highest BCUT2D eigenvalue weighted by Crippen LogP contribution is 2.32. The van der Waals surface area contributed by atoms with Crippen LogP contribution in [0.2, 0.25) is 0 Å². The Balaban J connectivity index is 1.46. The highest BCUT2D eigenvalue weighted by molar-refractivity contribution is 7.81. The molecule has 8 nitrogen and oxygen atoms in total. The average molecular weight is 469 g/mol. The van der Waals surface area contributed by atoms with Crippen molar-refractivity contribution >= 4 is 50.5 Å². The van der Waals surface area contributed by atoms with Gasteiger partial charge in [0.05, 0.1) is 39.6 Å². The van der Waals surface area contributed by atoms with E-state index in [2.05, 4.69) is 21.4 Å². The maximum Gasteiger partial charge on any atom is 0.266 e. The van der Waals surface area contributed by atoms with E-state index >= 15 is 0 Å². The fourth-order valence-corrected chi connectivity index (χ4v) is 4.46. The number of nitrogens with one attached hydrogen (secondary N) is 1. The van der Waals surface area contributed by atoms with E-state index in [9.17, 15) is 8.76 Å². The van der Waals surface area contributed by atoms with Crippen LogP contribution in [0.4, 0.5) is 17.3 Å². The quantitative estimate of drug-likeness (QED) is 0.344. The second-order valence-corrected chi connectivity index (χ2v) is 8.56. The molecule has 0 spiro atoms. The molecule has 2 aromatic heterocycles. The lowest BCUT2D eigenvalue weighted by Crippen LogP contribution is -2.19. The number of aryl methyl sites for hydroxylation is 1. The Morgan fingerprint density at radius 3 is 2.59 bits per heavy atom. The van der Waals surface area contributed by atoms with Gasteiger partial charge in [-0.25, -0.2) is 13.5 Å². The van der Waals surface area contributed by atoms with Crippen LogP contribution in [0, 0.1) is 11.3 Å². The van der Waals surface area contributed by atoms with Crippen LogP contribution in [-0.2, 0) is 24.9 Å². The van der Waals surface area contributed by atoms with Gasteiger partial charge in [0.2, 0.25) is 5.95 Å². The van der Waals surface area contributed by atoms with Crippen molar-refractivity contribution in [2.75, 3.05) is 9.62 Å². The molecule has 0 fully saturated rings. The Hall–Kier alpha value is -4.26. The number of nitrogens with zero attached hydrogens (tertiary/aromatic N) is 5. The Bertz CT molecular complexity index is 1570. The van der Waals surface area contributed by atoms with Crippen LogP contribution in [0.15, 0.2) is 79.0 Å². The van der Waals surface area contributed by atoms with Crippen molar-refractivity contribution in [1.29, 1.82) is 5.26 Å². The van der Waals surface area contributed by atoms with Crippen molar-refractivity contribution < 1.29 is 8.76 Å². The number of pyridine rings is 1. The first-order valence-electron chi connectivity index (χ1n) is 10.5. The summed E-state index contributed by atoms with van der Waals surface area (Å²) in [5, 5.41) is 13.1. The molecule has 0 aliphatic rings. The van der Waals surface area contributed by atoms with Gasteiger partial charge in [0, 0.05) is 25.2 Å². The zero-order chi connectivity index (χ0) is 23.7. The molecule has 2 heterocycles. The third-order valence-corrected chi connectivity index (χ3v) is 6.34. The third-order valence-electron chi connectivity index (χ3n) is 5.61. The van der Waals surface area contributed by atoms with Gasteiger partial charge in [-0.1, -0.05) is 18.2 Å². The van der Waals surface area contributed by atoms with Crippen molar-refractivity contribution in [2.45, 2.75) is 6.54 Å². The lowest BCUT2D eigenvalue weighted by atomic mass is 10.1. The van der Waals surface area contributed by atoms with Crippen LogP contribution in [0.5, 0.6) is 0 Å². The first-order chi connectivity index (χ1) is 16.5. The van der Waals surface area contributed by atoms with E-state index < -0.39 is 11.3 Å². The summed E-state index contributed by atoms with van der Waals surface area (Å²) in [5.74, 6) is 0.671. The summed E-state index contributed by atoms with van der Waals surface area (Å²) >= 11 is -2.28. The number of anilines is 3. The van der Waals surface area contributed by atoms with Gasteiger partial charge in [-0.2, -0.15) is 5.26 Å². The predicted octanol–water partition coefficient (Wildman–Crippen LogP) is 4.88. The maximum atomic E-state index is 12.3. The molecule has 2 N–H and O–H groups in total. The molecule has 1 unspecified atom stereocenters. The molecule has 1 atom stereocenters. The number of imidazole rings is 1. The molecule has 0 amide bonds. The molecule has 0 saturated carbocycles. The van der Waals surface area contributed by atoms with Gasteiger partial charge >= 0.3 is 0 Å². The highest BCUT2D eigenvalue weighted by Gasteiger charge is 2.18. The number of aromatic nitrogens is 3. The van der Waals surface area contributed by atoms with Gasteiger partial charge < -0.3 is 9.88 Å². The van der Waals surface area contributed by atoms with Crippen LogP contribution >= 0.6 is 0 Å². The van der Waals surface area contributed by atoms with Gasteiger partial charge in [0.15, 0.2) is 0 Å². The van der Waals surface area contributed by atoms with Gasteiger partial charge in [0.25, 0.3) is 11.3 Å². The summed E-state index contributed by atoms with van der Waals surface area (Å²) in [6.07, 6.45) is 1.71. The number of rotatable bonds is 6. The monoisotopic (exact) mass is 468 g/mol. The molecule has 9 heteroatoms. The van der Waals surface area contributed by atoms with E-state index in [1.807, 2.05) is 54.1 Å². The smallest absolute Gasteiger partial charge is 0.266 e. The number of nitriles is 1. The number of hydrogen-bond acceptors (Lipinski definition) is 5. The van der Waals surface area contributed by atoms with Crippen LogP contribution < -0.4 is 9.62 Å². The SMILES string of the molecule is Cn1c(NCc2ccc(C#N)cc2)nc2cc(N(c3ccc4ncccc4c3)S(=O)O)ccc21. The van der Waals surface area contributed by atoms with E-state index in [0.717, 1.165) is 22.0 Å². The molecule has 5 aromatic rings. The highest BCUT2D eigenvalue weighted by atomic mass is 32.2. The molecule has 0 aliphatic carbocycles. The summed E-state index contributed by atoms with van der Waals surface area (Å²) in [7, 11) is 1.91. The summed E-state index contributed by atoms with van der Waals surface area (Å²) in [6.45, 7) is 0.549. The Labute approximate surface area is 198 Å². The maximum absolute atomic E-state index is 12.3. The number of hydrogen-bond donors (Lipinski definition) is 2. The molecule has 0 radical (unpaired) electrons. The molecule has 5 rings (SSSR count). The fourth-order valence-electron chi connectivity index (χ4n) is 3.87. The third kappa shape index (κ3) is 4.08. The Morgan fingerprint density at radius 1 is 1.06 bits per heavy atom. The zero-order valence-electron chi connectivity index (χ0n) is 18.2. The molecular formula is C25H20N6O2S. The molecule has 0 saturated heterocycles. The zero-order valence-corrected chi connectivity index (χ0v) is 19.0. The van der Waals surface area contributed by atoms with Crippen molar-refractivity contribution in [2.24, 2.45) is 7.05 Å². The topological polar surface area (TPSA) is 107 Å². The Kier molecular flexibility index (Phi) is 5.67. The molecule has 0 bridgehead atoms. The summed E-state index contributed by atoms with van der Waals surface area (Å²) in [6, 6.07) is 24.1.